The van der Waals surface area contributed by atoms with Crippen LogP contribution in [0.25, 0.3) is 10.8 Å². The van der Waals surface area contributed by atoms with E-state index in [4.69, 9.17) is 26.8 Å². The minimum Gasteiger partial charge on any atom is -0.496 e. The van der Waals surface area contributed by atoms with Crippen molar-refractivity contribution in [2.45, 2.75) is 17.7 Å². The molecule has 0 aliphatic carbocycles. The standard InChI is InChI=1S/C28H35ClN4O5S/c1-32(2)25-8-4-7-21-20(25)6-5-9-27(21)39(35,36)31-18-19-10-12-33(13-11-19)14-15-38-28(34)22-16-23(29)24(30)17-26(22)37-3/h4-9,16-17,19,31H,10-15,18,30H2,1-3H3. The summed E-state index contributed by atoms with van der Waals surface area (Å²) in [5.74, 6) is 0.0167. The molecule has 4 rings (SSSR count). The number of nitrogen functional groups attached to an aromatic ring is 1. The van der Waals surface area contributed by atoms with Gasteiger partial charge in [0.2, 0.25) is 10.0 Å². The molecule has 3 N–H and O–H groups in total. The Hall–Kier alpha value is -3.05. The van der Waals surface area contributed by atoms with Crippen LogP contribution in [0.3, 0.4) is 0 Å². The molecule has 1 heterocycles. The van der Waals surface area contributed by atoms with E-state index in [9.17, 15) is 13.2 Å². The Morgan fingerprint density at radius 3 is 2.51 bits per heavy atom. The van der Waals surface area contributed by atoms with Crippen LogP contribution in [-0.2, 0) is 14.8 Å². The SMILES string of the molecule is COc1cc(N)c(Cl)cc1C(=O)OCCN1CCC(CNS(=O)(=O)c2cccc3c(N(C)C)cccc23)CC1. The topological polar surface area (TPSA) is 114 Å². The van der Waals surface area contributed by atoms with E-state index in [-0.39, 0.29) is 23.1 Å². The zero-order valence-electron chi connectivity index (χ0n) is 22.4. The molecule has 0 bridgehead atoms. The number of rotatable bonds is 10. The first-order valence-corrected chi connectivity index (χ1v) is 14.7. The van der Waals surface area contributed by atoms with Crippen LogP contribution in [0.15, 0.2) is 53.4 Å². The van der Waals surface area contributed by atoms with Gasteiger partial charge in [-0.3, -0.25) is 4.90 Å². The molecule has 3 aromatic rings. The maximum atomic E-state index is 13.2. The number of anilines is 2. The van der Waals surface area contributed by atoms with Crippen molar-refractivity contribution in [2.24, 2.45) is 5.92 Å². The van der Waals surface area contributed by atoms with Crippen LogP contribution in [0.4, 0.5) is 11.4 Å². The Labute approximate surface area is 234 Å². The van der Waals surface area contributed by atoms with Crippen LogP contribution in [0.2, 0.25) is 5.02 Å². The van der Waals surface area contributed by atoms with E-state index in [0.29, 0.717) is 34.8 Å². The highest BCUT2D eigenvalue weighted by molar-refractivity contribution is 7.89. The summed E-state index contributed by atoms with van der Waals surface area (Å²) in [6, 6.07) is 14.0. The number of nitrogens with zero attached hydrogens (tertiary/aromatic N) is 2. The molecule has 3 aromatic carbocycles. The number of likely N-dealkylation sites (tertiary alicyclic amines) is 1. The monoisotopic (exact) mass is 574 g/mol. The molecule has 1 fully saturated rings. The number of hydrogen-bond acceptors (Lipinski definition) is 8. The number of sulfonamides is 1. The molecule has 1 aliphatic rings. The van der Waals surface area contributed by atoms with E-state index in [1.54, 1.807) is 12.1 Å². The van der Waals surface area contributed by atoms with E-state index in [2.05, 4.69) is 9.62 Å². The van der Waals surface area contributed by atoms with Crippen molar-refractivity contribution in [3.05, 3.63) is 59.1 Å². The normalized spacial score (nSPS) is 14.9. The zero-order valence-corrected chi connectivity index (χ0v) is 24.0. The van der Waals surface area contributed by atoms with Gasteiger partial charge in [-0.2, -0.15) is 0 Å². The summed E-state index contributed by atoms with van der Waals surface area (Å²) in [5, 5.41) is 1.87. The fourth-order valence-corrected chi connectivity index (χ4v) is 6.35. The fourth-order valence-electron chi connectivity index (χ4n) is 4.85. The number of benzene rings is 3. The number of nitrogens with one attached hydrogen (secondary N) is 1. The third kappa shape index (κ3) is 6.75. The number of hydrogen-bond donors (Lipinski definition) is 2. The molecule has 1 saturated heterocycles. The Morgan fingerprint density at radius 2 is 1.82 bits per heavy atom. The molecule has 0 radical (unpaired) electrons. The highest BCUT2D eigenvalue weighted by Crippen LogP contribution is 2.31. The first kappa shape index (κ1) is 28.9. The van der Waals surface area contributed by atoms with Gasteiger partial charge in [0.15, 0.2) is 0 Å². The average molecular weight is 575 g/mol. The first-order chi connectivity index (χ1) is 18.6. The highest BCUT2D eigenvalue weighted by Gasteiger charge is 2.24. The zero-order chi connectivity index (χ0) is 28.2. The molecular weight excluding hydrogens is 540 g/mol. The van der Waals surface area contributed by atoms with E-state index in [1.807, 2.05) is 43.3 Å². The summed E-state index contributed by atoms with van der Waals surface area (Å²) < 4.78 is 40.0. The molecule has 0 aromatic heterocycles. The quantitative estimate of drug-likeness (QED) is 0.276. The Morgan fingerprint density at radius 1 is 1.13 bits per heavy atom. The molecule has 210 valence electrons. The van der Waals surface area contributed by atoms with Crippen molar-refractivity contribution in [1.82, 2.24) is 9.62 Å². The van der Waals surface area contributed by atoms with Crippen molar-refractivity contribution in [2.75, 3.05) is 64.6 Å². The van der Waals surface area contributed by atoms with Crippen LogP contribution in [0, 0.1) is 5.92 Å². The molecular formula is C28H35ClN4O5S. The number of methoxy groups -OCH3 is 1. The van der Waals surface area contributed by atoms with Crippen molar-refractivity contribution < 1.29 is 22.7 Å². The summed E-state index contributed by atoms with van der Waals surface area (Å²) in [5.41, 5.74) is 7.30. The molecule has 1 aliphatic heterocycles. The number of carbonyl (C=O) groups excluding carboxylic acids is 1. The molecule has 11 heteroatoms. The Balaban J connectivity index is 1.27. The van der Waals surface area contributed by atoms with Crippen molar-refractivity contribution in [3.8, 4) is 5.75 Å². The third-order valence-electron chi connectivity index (χ3n) is 7.08. The number of ether oxygens (including phenoxy) is 2. The average Bonchev–Trinajstić information content (AvgIpc) is 2.93. The predicted molar refractivity (Wildman–Crippen MR) is 155 cm³/mol. The second kappa shape index (κ2) is 12.4. The van der Waals surface area contributed by atoms with Crippen LogP contribution in [0.1, 0.15) is 23.2 Å². The number of esters is 1. The Bertz CT molecular complexity index is 1440. The number of piperidine rings is 1. The van der Waals surface area contributed by atoms with Gasteiger partial charge in [-0.05, 0) is 50.0 Å². The highest BCUT2D eigenvalue weighted by atomic mass is 35.5. The van der Waals surface area contributed by atoms with Crippen molar-refractivity contribution in [3.63, 3.8) is 0 Å². The van der Waals surface area contributed by atoms with E-state index in [0.717, 1.165) is 37.0 Å². The van der Waals surface area contributed by atoms with Crippen LogP contribution in [-0.4, -0.2) is 73.3 Å². The van der Waals surface area contributed by atoms with Gasteiger partial charge in [-0.15, -0.1) is 0 Å². The third-order valence-corrected chi connectivity index (χ3v) is 8.89. The largest absolute Gasteiger partial charge is 0.496 e. The maximum absolute atomic E-state index is 13.2. The minimum atomic E-state index is -3.67. The maximum Gasteiger partial charge on any atom is 0.342 e. The molecule has 0 saturated carbocycles. The second-order valence-electron chi connectivity index (χ2n) is 9.87. The van der Waals surface area contributed by atoms with E-state index < -0.39 is 16.0 Å². The van der Waals surface area contributed by atoms with Gasteiger partial charge < -0.3 is 20.1 Å². The minimum absolute atomic E-state index is 0.220. The van der Waals surface area contributed by atoms with Crippen LogP contribution >= 0.6 is 11.6 Å². The van der Waals surface area contributed by atoms with Gasteiger partial charge in [0.1, 0.15) is 17.9 Å². The second-order valence-corrected chi connectivity index (χ2v) is 12.0. The number of nitrogens with two attached hydrogens (primary N) is 1. The lowest BCUT2D eigenvalue weighted by atomic mass is 9.97. The molecule has 0 amide bonds. The summed E-state index contributed by atoms with van der Waals surface area (Å²) in [6.45, 7) is 2.77. The summed E-state index contributed by atoms with van der Waals surface area (Å²) in [4.78, 5) is 17.0. The molecule has 0 unspecified atom stereocenters. The van der Waals surface area contributed by atoms with Gasteiger partial charge in [0, 0.05) is 49.7 Å². The number of halogens is 1. The molecule has 0 spiro atoms. The lowest BCUT2D eigenvalue weighted by Crippen LogP contribution is -2.40. The number of carbonyl (C=O) groups is 1. The van der Waals surface area contributed by atoms with Crippen LogP contribution < -0.4 is 20.1 Å². The van der Waals surface area contributed by atoms with Gasteiger partial charge in [0.25, 0.3) is 0 Å². The molecule has 9 nitrogen and oxygen atoms in total. The van der Waals surface area contributed by atoms with Gasteiger partial charge in [-0.25, -0.2) is 17.9 Å². The van der Waals surface area contributed by atoms with Crippen molar-refractivity contribution >= 4 is 49.7 Å². The summed E-state index contributed by atoms with van der Waals surface area (Å²) >= 11 is 6.05. The van der Waals surface area contributed by atoms with E-state index in [1.165, 1.54) is 19.2 Å². The first-order valence-electron chi connectivity index (χ1n) is 12.8. The smallest absolute Gasteiger partial charge is 0.342 e. The fraction of sp³-hybridized carbons (Fsp3) is 0.393. The summed E-state index contributed by atoms with van der Waals surface area (Å²) in [6.07, 6.45) is 1.69. The van der Waals surface area contributed by atoms with Gasteiger partial charge >= 0.3 is 5.97 Å². The Kier molecular flexibility index (Phi) is 9.22. The molecule has 39 heavy (non-hydrogen) atoms. The van der Waals surface area contributed by atoms with Gasteiger partial charge in [0.05, 0.1) is 22.7 Å². The van der Waals surface area contributed by atoms with Crippen LogP contribution in [0.5, 0.6) is 5.75 Å². The lowest BCUT2D eigenvalue weighted by molar-refractivity contribution is 0.0438. The molecule has 0 atom stereocenters. The van der Waals surface area contributed by atoms with Gasteiger partial charge in [-0.1, -0.05) is 35.9 Å². The van der Waals surface area contributed by atoms with E-state index >= 15 is 0 Å². The lowest BCUT2D eigenvalue weighted by Gasteiger charge is -2.31. The summed E-state index contributed by atoms with van der Waals surface area (Å²) in [7, 11) is 1.66. The number of fused-ring (bicyclic) bond motifs is 1. The predicted octanol–water partition coefficient (Wildman–Crippen LogP) is 4.00. The van der Waals surface area contributed by atoms with Crippen molar-refractivity contribution in [1.29, 1.82) is 0 Å².